The summed E-state index contributed by atoms with van der Waals surface area (Å²) in [6, 6.07) is 0. The van der Waals surface area contributed by atoms with Gasteiger partial charge in [0.15, 0.2) is 0 Å². The van der Waals surface area contributed by atoms with E-state index in [0.717, 1.165) is 12.8 Å². The van der Waals surface area contributed by atoms with Crippen molar-refractivity contribution in [1.29, 1.82) is 0 Å². The molecule has 11 heavy (non-hydrogen) atoms. The molecule has 0 atom stereocenters. The van der Waals surface area contributed by atoms with Crippen LogP contribution in [-0.2, 0) is 10.0 Å². The van der Waals surface area contributed by atoms with Crippen LogP contribution in [0.2, 0.25) is 0 Å². The number of rotatable bonds is 5. The van der Waals surface area contributed by atoms with Crippen LogP contribution in [-0.4, -0.2) is 32.1 Å². The summed E-state index contributed by atoms with van der Waals surface area (Å²) >= 11 is 0. The molecule has 0 saturated carbocycles. The summed E-state index contributed by atoms with van der Waals surface area (Å²) in [4.78, 5) is 0. The van der Waals surface area contributed by atoms with Gasteiger partial charge in [-0.05, 0) is 6.42 Å². The van der Waals surface area contributed by atoms with Gasteiger partial charge in [-0.15, -0.1) is 0 Å². The Morgan fingerprint density at radius 3 is 2.18 bits per heavy atom. The molecule has 0 amide bonds. The molecule has 0 aromatic rings. The van der Waals surface area contributed by atoms with Gasteiger partial charge in [0.05, 0.1) is 5.75 Å². The maximum absolute atomic E-state index is 11.2. The molecule has 0 heterocycles. The molecule has 0 N–H and O–H groups in total. The van der Waals surface area contributed by atoms with Crippen LogP contribution < -0.4 is 0 Å². The first-order valence-electron chi connectivity index (χ1n) is 3.98. The lowest BCUT2D eigenvalue weighted by molar-refractivity contribution is 0.484. The van der Waals surface area contributed by atoms with Crippen molar-refractivity contribution in [1.82, 2.24) is 4.31 Å². The highest BCUT2D eigenvalue weighted by molar-refractivity contribution is 7.89. The average molecular weight is 179 g/mol. The molecular weight excluding hydrogens is 162 g/mol. The maximum atomic E-state index is 11.2. The van der Waals surface area contributed by atoms with Crippen molar-refractivity contribution in [2.75, 3.05) is 19.3 Å². The van der Waals surface area contributed by atoms with E-state index in [-0.39, 0.29) is 5.75 Å². The van der Waals surface area contributed by atoms with Gasteiger partial charge in [-0.2, -0.15) is 0 Å². The number of hydrogen-bond donors (Lipinski definition) is 0. The second-order valence-electron chi connectivity index (χ2n) is 2.58. The molecule has 0 aliphatic rings. The molecule has 0 spiro atoms. The Hall–Kier alpha value is -0.0900. The van der Waals surface area contributed by atoms with Crippen molar-refractivity contribution in [2.45, 2.75) is 26.7 Å². The molecule has 0 radical (unpaired) electrons. The van der Waals surface area contributed by atoms with Crippen molar-refractivity contribution in [3.8, 4) is 0 Å². The second-order valence-corrected chi connectivity index (χ2v) is 4.78. The van der Waals surface area contributed by atoms with Crippen molar-refractivity contribution < 1.29 is 8.42 Å². The Kier molecular flexibility index (Phi) is 4.68. The first-order chi connectivity index (χ1) is 5.04. The molecule has 68 valence electrons. The molecule has 0 aromatic heterocycles. The van der Waals surface area contributed by atoms with Crippen molar-refractivity contribution in [3.63, 3.8) is 0 Å². The Morgan fingerprint density at radius 1 is 1.27 bits per heavy atom. The van der Waals surface area contributed by atoms with Gasteiger partial charge < -0.3 is 0 Å². The maximum Gasteiger partial charge on any atom is 0.213 e. The lowest BCUT2D eigenvalue weighted by atomic mass is 10.4. The topological polar surface area (TPSA) is 37.4 Å². The van der Waals surface area contributed by atoms with Crippen molar-refractivity contribution in [2.24, 2.45) is 0 Å². The zero-order valence-electron chi connectivity index (χ0n) is 7.50. The van der Waals surface area contributed by atoms with Crippen LogP contribution in [0, 0.1) is 0 Å². The molecular formula is C7H17NO2S. The number of sulfonamides is 1. The van der Waals surface area contributed by atoms with E-state index >= 15 is 0 Å². The van der Waals surface area contributed by atoms with E-state index in [1.54, 1.807) is 7.05 Å². The molecule has 4 heteroatoms. The minimum Gasteiger partial charge on any atom is -0.212 e. The van der Waals surface area contributed by atoms with Crippen LogP contribution in [0.15, 0.2) is 0 Å². The number of nitrogens with zero attached hydrogens (tertiary/aromatic N) is 1. The van der Waals surface area contributed by atoms with E-state index in [2.05, 4.69) is 0 Å². The van der Waals surface area contributed by atoms with Crippen LogP contribution >= 0.6 is 0 Å². The standard InChI is InChI=1S/C7H17NO2S/c1-4-6-7-11(9,10)8(3)5-2/h4-7H2,1-3H3. The van der Waals surface area contributed by atoms with Gasteiger partial charge in [0.1, 0.15) is 0 Å². The van der Waals surface area contributed by atoms with E-state index in [1.807, 2.05) is 13.8 Å². The predicted molar refractivity (Wildman–Crippen MR) is 47.0 cm³/mol. The highest BCUT2D eigenvalue weighted by atomic mass is 32.2. The van der Waals surface area contributed by atoms with E-state index < -0.39 is 10.0 Å². The Morgan fingerprint density at radius 2 is 1.82 bits per heavy atom. The molecule has 0 aliphatic carbocycles. The summed E-state index contributed by atoms with van der Waals surface area (Å²) in [6.45, 7) is 4.39. The second kappa shape index (κ2) is 4.72. The minimum atomic E-state index is -2.94. The summed E-state index contributed by atoms with van der Waals surface area (Å²) in [7, 11) is -1.32. The summed E-state index contributed by atoms with van der Waals surface area (Å²) in [5, 5.41) is 0. The number of hydrogen-bond acceptors (Lipinski definition) is 2. The first-order valence-corrected chi connectivity index (χ1v) is 5.59. The van der Waals surface area contributed by atoms with Gasteiger partial charge in [0.25, 0.3) is 0 Å². The van der Waals surface area contributed by atoms with Crippen LogP contribution in [0.1, 0.15) is 26.7 Å². The highest BCUT2D eigenvalue weighted by Gasteiger charge is 2.13. The fourth-order valence-electron chi connectivity index (χ4n) is 0.679. The normalized spacial score (nSPS) is 12.4. The van der Waals surface area contributed by atoms with Gasteiger partial charge in [-0.3, -0.25) is 0 Å². The Balaban J connectivity index is 4.01. The highest BCUT2D eigenvalue weighted by Crippen LogP contribution is 2.00. The van der Waals surface area contributed by atoms with Crippen LogP contribution in [0.5, 0.6) is 0 Å². The first kappa shape index (κ1) is 10.9. The predicted octanol–water partition coefficient (Wildman–Crippen LogP) is 1.07. The lowest BCUT2D eigenvalue weighted by Crippen LogP contribution is -2.28. The number of unbranched alkanes of at least 4 members (excludes halogenated alkanes) is 1. The zero-order valence-corrected chi connectivity index (χ0v) is 8.32. The zero-order chi connectivity index (χ0) is 8.91. The summed E-state index contributed by atoms with van der Waals surface area (Å²) in [5.41, 5.74) is 0. The Bertz CT molecular complexity index is 187. The molecule has 0 bridgehead atoms. The monoisotopic (exact) mass is 179 g/mol. The molecule has 3 nitrogen and oxygen atoms in total. The third-order valence-electron chi connectivity index (χ3n) is 1.68. The van der Waals surface area contributed by atoms with Gasteiger partial charge in [-0.25, -0.2) is 12.7 Å². The molecule has 0 aliphatic heterocycles. The van der Waals surface area contributed by atoms with Crippen molar-refractivity contribution >= 4 is 10.0 Å². The smallest absolute Gasteiger partial charge is 0.212 e. The Labute approximate surface area is 69.4 Å². The lowest BCUT2D eigenvalue weighted by Gasteiger charge is -2.13. The quantitative estimate of drug-likeness (QED) is 0.633. The largest absolute Gasteiger partial charge is 0.213 e. The van der Waals surface area contributed by atoms with Crippen LogP contribution in [0.4, 0.5) is 0 Å². The summed E-state index contributed by atoms with van der Waals surface area (Å²) in [5.74, 6) is 0.286. The van der Waals surface area contributed by atoms with E-state index in [1.165, 1.54) is 4.31 Å². The summed E-state index contributed by atoms with van der Waals surface area (Å²) < 4.78 is 23.9. The third kappa shape index (κ3) is 3.72. The van der Waals surface area contributed by atoms with Gasteiger partial charge >= 0.3 is 0 Å². The molecule has 0 saturated heterocycles. The summed E-state index contributed by atoms with van der Waals surface area (Å²) in [6.07, 6.45) is 1.68. The minimum absolute atomic E-state index is 0.286. The molecule has 0 unspecified atom stereocenters. The molecule has 0 rings (SSSR count). The molecule has 0 fully saturated rings. The van der Waals surface area contributed by atoms with E-state index in [9.17, 15) is 8.42 Å². The van der Waals surface area contributed by atoms with Gasteiger partial charge in [0, 0.05) is 13.6 Å². The van der Waals surface area contributed by atoms with Crippen LogP contribution in [0.25, 0.3) is 0 Å². The van der Waals surface area contributed by atoms with Gasteiger partial charge in [0.2, 0.25) is 10.0 Å². The van der Waals surface area contributed by atoms with E-state index in [0.29, 0.717) is 6.54 Å². The molecule has 0 aromatic carbocycles. The van der Waals surface area contributed by atoms with E-state index in [4.69, 9.17) is 0 Å². The van der Waals surface area contributed by atoms with Gasteiger partial charge in [-0.1, -0.05) is 20.3 Å². The SMILES string of the molecule is CCCCS(=O)(=O)N(C)CC. The fourth-order valence-corrected chi connectivity index (χ4v) is 2.04. The van der Waals surface area contributed by atoms with Crippen molar-refractivity contribution in [3.05, 3.63) is 0 Å². The average Bonchev–Trinajstić information content (AvgIpc) is 1.99. The fraction of sp³-hybridized carbons (Fsp3) is 1.00. The van der Waals surface area contributed by atoms with Crippen LogP contribution in [0.3, 0.4) is 0 Å². The third-order valence-corrected chi connectivity index (χ3v) is 3.69.